The van der Waals surface area contributed by atoms with Gasteiger partial charge in [0.05, 0.1) is 27.8 Å². The summed E-state index contributed by atoms with van der Waals surface area (Å²) < 4.78 is 11.2. The summed E-state index contributed by atoms with van der Waals surface area (Å²) in [7, 11) is 0. The molecule has 0 radical (unpaired) electrons. The van der Waals surface area contributed by atoms with E-state index in [1.54, 1.807) is 0 Å². The van der Waals surface area contributed by atoms with E-state index in [0.29, 0.717) is 0 Å². The Morgan fingerprint density at radius 1 is 0.444 bits per heavy atom. The monoisotopic (exact) mass is 577 g/mol. The predicted molar refractivity (Wildman–Crippen MR) is 181 cm³/mol. The van der Waals surface area contributed by atoms with Gasteiger partial charge in [-0.25, -0.2) is 0 Å². The molecule has 0 aliphatic heterocycles. The van der Waals surface area contributed by atoms with Gasteiger partial charge in [0.2, 0.25) is 0 Å². The maximum atomic E-state index is 6.61. The Hall–Kier alpha value is -6.27. The second kappa shape index (κ2) is 9.11. The minimum Gasteiger partial charge on any atom is -0.454 e. The molecule has 0 saturated heterocycles. The lowest BCUT2D eigenvalue weighted by molar-refractivity contribution is 0.666. The van der Waals surface area contributed by atoms with Gasteiger partial charge >= 0.3 is 0 Å². The Kier molecular flexibility index (Phi) is 4.90. The number of fused-ring (bicyclic) bond motifs is 9. The molecule has 10 rings (SSSR count). The molecule has 0 atom stereocenters. The molecule has 0 aliphatic rings. The Labute approximate surface area is 256 Å². The van der Waals surface area contributed by atoms with Crippen LogP contribution in [0.1, 0.15) is 0 Å². The highest BCUT2D eigenvalue weighted by molar-refractivity contribution is 6.13. The van der Waals surface area contributed by atoms with Gasteiger partial charge in [-0.1, -0.05) is 42.5 Å². The van der Waals surface area contributed by atoms with Crippen molar-refractivity contribution in [3.8, 4) is 22.5 Å². The maximum absolute atomic E-state index is 6.61. The van der Waals surface area contributed by atoms with Gasteiger partial charge in [0.1, 0.15) is 5.58 Å². The van der Waals surface area contributed by atoms with Crippen LogP contribution in [0.3, 0.4) is 0 Å². The molecule has 4 aromatic carbocycles. The number of hydrogen-bond donors (Lipinski definition) is 0. The van der Waals surface area contributed by atoms with Crippen LogP contribution in [-0.4, -0.2) is 24.1 Å². The van der Waals surface area contributed by atoms with Gasteiger partial charge in [-0.3, -0.25) is 15.0 Å². The molecule has 10 aromatic rings. The minimum atomic E-state index is 0.851. The average molecular weight is 578 g/mol. The van der Waals surface area contributed by atoms with E-state index in [9.17, 15) is 0 Å². The number of nitrogens with zero attached hydrogens (tertiary/aromatic N) is 5. The van der Waals surface area contributed by atoms with E-state index >= 15 is 0 Å². The largest absolute Gasteiger partial charge is 0.454 e. The molecule has 6 heteroatoms. The zero-order chi connectivity index (χ0) is 29.5. The molecule has 0 spiro atoms. The van der Waals surface area contributed by atoms with Crippen molar-refractivity contribution in [2.24, 2.45) is 0 Å². The lowest BCUT2D eigenvalue weighted by atomic mass is 10.0. The lowest BCUT2D eigenvalue weighted by Crippen LogP contribution is -1.94. The molecule has 210 valence electrons. The van der Waals surface area contributed by atoms with Gasteiger partial charge in [0.25, 0.3) is 0 Å². The molecule has 0 bridgehead atoms. The first-order valence-corrected chi connectivity index (χ1v) is 14.9. The molecule has 6 nitrogen and oxygen atoms in total. The van der Waals surface area contributed by atoms with E-state index in [-0.39, 0.29) is 0 Å². The van der Waals surface area contributed by atoms with Gasteiger partial charge in [-0.2, -0.15) is 0 Å². The van der Waals surface area contributed by atoms with Crippen LogP contribution in [0.4, 0.5) is 0 Å². The third-order valence-electron chi connectivity index (χ3n) is 9.00. The van der Waals surface area contributed by atoms with Crippen LogP contribution in [0.25, 0.3) is 88.1 Å². The fraction of sp³-hybridized carbons (Fsp3) is 0. The minimum absolute atomic E-state index is 0.851. The Morgan fingerprint density at radius 3 is 1.76 bits per heavy atom. The van der Waals surface area contributed by atoms with Crippen molar-refractivity contribution in [2.75, 3.05) is 0 Å². The molecule has 45 heavy (non-hydrogen) atoms. The first kappa shape index (κ1) is 24.2. The number of aromatic nitrogens is 5. The summed E-state index contributed by atoms with van der Waals surface area (Å²) in [4.78, 5) is 13.3. The van der Waals surface area contributed by atoms with Crippen molar-refractivity contribution < 1.29 is 4.42 Å². The van der Waals surface area contributed by atoms with E-state index in [1.807, 2.05) is 43.2 Å². The predicted octanol–water partition coefficient (Wildman–Crippen LogP) is 9.63. The number of furan rings is 1. The number of hydrogen-bond acceptors (Lipinski definition) is 4. The summed E-state index contributed by atoms with van der Waals surface area (Å²) in [6, 6.07) is 36.3. The Balaban J connectivity index is 1.18. The Bertz CT molecular complexity index is 2720. The smallest absolute Gasteiger partial charge is 0.159 e. The third kappa shape index (κ3) is 3.42. The third-order valence-corrected chi connectivity index (χ3v) is 9.00. The topological polar surface area (TPSA) is 61.7 Å². The van der Waals surface area contributed by atoms with Gasteiger partial charge in [-0.05, 0) is 71.8 Å². The van der Waals surface area contributed by atoms with Crippen LogP contribution in [0.2, 0.25) is 0 Å². The molecule has 0 fully saturated rings. The van der Waals surface area contributed by atoms with Crippen LogP contribution in [-0.2, 0) is 0 Å². The second-order valence-electron chi connectivity index (χ2n) is 11.4. The normalized spacial score (nSPS) is 12.0. The van der Waals surface area contributed by atoms with Crippen molar-refractivity contribution in [1.82, 2.24) is 24.1 Å². The van der Waals surface area contributed by atoms with Crippen LogP contribution in [0.5, 0.6) is 0 Å². The fourth-order valence-corrected chi connectivity index (χ4v) is 7.01. The highest BCUT2D eigenvalue weighted by atomic mass is 16.3. The maximum Gasteiger partial charge on any atom is 0.159 e. The van der Waals surface area contributed by atoms with Gasteiger partial charge in [-0.15, -0.1) is 0 Å². The molecule has 0 amide bonds. The zero-order valence-corrected chi connectivity index (χ0v) is 23.9. The van der Waals surface area contributed by atoms with E-state index in [1.165, 1.54) is 5.39 Å². The van der Waals surface area contributed by atoms with Crippen molar-refractivity contribution in [1.29, 1.82) is 0 Å². The van der Waals surface area contributed by atoms with Gasteiger partial charge < -0.3 is 13.6 Å². The molecule has 6 heterocycles. The average Bonchev–Trinajstić information content (AvgIpc) is 3.76. The summed E-state index contributed by atoms with van der Waals surface area (Å²) in [6.45, 7) is 0. The van der Waals surface area contributed by atoms with Gasteiger partial charge in [0, 0.05) is 75.2 Å². The van der Waals surface area contributed by atoms with Crippen molar-refractivity contribution >= 4 is 65.6 Å². The molecule has 0 N–H and O–H groups in total. The quantitative estimate of drug-likeness (QED) is 0.210. The second-order valence-corrected chi connectivity index (χ2v) is 11.4. The summed E-state index contributed by atoms with van der Waals surface area (Å²) in [5.41, 5.74) is 10.6. The van der Waals surface area contributed by atoms with Crippen LogP contribution >= 0.6 is 0 Å². The number of rotatable bonds is 3. The van der Waals surface area contributed by atoms with E-state index in [2.05, 4.69) is 121 Å². The Morgan fingerprint density at radius 2 is 1.04 bits per heavy atom. The molecule has 0 aliphatic carbocycles. The van der Waals surface area contributed by atoms with Crippen molar-refractivity contribution in [3.63, 3.8) is 0 Å². The highest BCUT2D eigenvalue weighted by Gasteiger charge is 2.19. The molecular weight excluding hydrogens is 554 g/mol. The standard InChI is InChI=1S/C39H23N5O/c1-2-5-26(6-3-1)43-33-11-9-24(19-28(33)30-21-40-16-13-34(30)43)25-10-12-38-29(20-25)27-7-4-8-37(39(27)45-38)44-35-14-17-41-22-31(35)32-23-42-18-15-36(32)44/h1-23H. The van der Waals surface area contributed by atoms with E-state index < -0.39 is 0 Å². The zero-order valence-electron chi connectivity index (χ0n) is 23.9. The molecule has 0 unspecified atom stereocenters. The van der Waals surface area contributed by atoms with Crippen molar-refractivity contribution in [3.05, 3.63) is 140 Å². The summed E-state index contributed by atoms with van der Waals surface area (Å²) in [5.74, 6) is 0. The number of para-hydroxylation sites is 2. The molecule has 0 saturated carbocycles. The number of pyridine rings is 3. The van der Waals surface area contributed by atoms with Crippen LogP contribution in [0, 0.1) is 0 Å². The highest BCUT2D eigenvalue weighted by Crippen LogP contribution is 2.40. The van der Waals surface area contributed by atoms with E-state index in [4.69, 9.17) is 4.42 Å². The van der Waals surface area contributed by atoms with Gasteiger partial charge in [0.15, 0.2) is 5.58 Å². The molecular formula is C39H23N5O. The number of benzene rings is 4. The summed E-state index contributed by atoms with van der Waals surface area (Å²) in [5, 5.41) is 6.60. The molecule has 6 aromatic heterocycles. The summed E-state index contributed by atoms with van der Waals surface area (Å²) in [6.07, 6.45) is 11.3. The fourth-order valence-electron chi connectivity index (χ4n) is 7.01. The van der Waals surface area contributed by atoms with E-state index in [0.717, 1.165) is 82.7 Å². The summed E-state index contributed by atoms with van der Waals surface area (Å²) >= 11 is 0. The SMILES string of the molecule is c1ccc(-n2c3ccncc3c3cc(-c4ccc5oc6c(-n7c8ccncc8c8cnccc87)cccc6c5c4)ccc32)cc1. The van der Waals surface area contributed by atoms with Crippen molar-refractivity contribution in [2.45, 2.75) is 0 Å². The first-order valence-electron chi connectivity index (χ1n) is 14.9. The van der Waals surface area contributed by atoms with Crippen LogP contribution in [0.15, 0.2) is 145 Å². The van der Waals surface area contributed by atoms with Crippen LogP contribution < -0.4 is 0 Å². The lowest BCUT2D eigenvalue weighted by Gasteiger charge is -2.08. The first-order chi connectivity index (χ1) is 22.3.